The molecular formula is C24H28Cl4CuN2O2. The van der Waals surface area contributed by atoms with Gasteiger partial charge in [-0.05, 0) is 87.3 Å². The zero-order chi connectivity index (χ0) is 23.1. The van der Waals surface area contributed by atoms with E-state index in [9.17, 15) is 10.2 Å². The molecule has 2 aliphatic heterocycles. The molecule has 0 N–H and O–H groups in total. The number of hydrogen-bond donors (Lipinski definition) is 0. The Morgan fingerprint density at radius 3 is 1.24 bits per heavy atom. The molecule has 9 heteroatoms. The van der Waals surface area contributed by atoms with Crippen molar-refractivity contribution in [1.29, 1.82) is 0 Å². The fourth-order valence-corrected chi connectivity index (χ4v) is 5.25. The van der Waals surface area contributed by atoms with Gasteiger partial charge in [-0.25, -0.2) is 0 Å². The number of halogens is 4. The Balaban J connectivity index is 0.000000227. The summed E-state index contributed by atoms with van der Waals surface area (Å²) in [5.41, 5.74) is 1.42. The van der Waals surface area contributed by atoms with E-state index in [2.05, 4.69) is 9.80 Å². The van der Waals surface area contributed by atoms with Crippen molar-refractivity contribution in [1.82, 2.24) is 9.80 Å². The topological polar surface area (TPSA) is 52.6 Å². The molecule has 4 nitrogen and oxygen atoms in total. The fraction of sp³-hybridized carbons (Fsp3) is 0.500. The molecule has 185 valence electrons. The SMILES string of the molecule is [Cu+2].[O-]c1c(Cl)cc(Cl)cc1CN1CCCCC1.[O-]c1c(Cl)cc(Cl)cc1CN1CCCCC1. The summed E-state index contributed by atoms with van der Waals surface area (Å²) in [5, 5.41) is 25.1. The second-order valence-electron chi connectivity index (χ2n) is 8.43. The van der Waals surface area contributed by atoms with E-state index in [1.54, 1.807) is 12.1 Å². The Hall–Kier alpha value is -0.361. The van der Waals surface area contributed by atoms with Crippen LogP contribution in [-0.2, 0) is 30.2 Å². The molecule has 2 aromatic carbocycles. The van der Waals surface area contributed by atoms with Crippen molar-refractivity contribution in [3.63, 3.8) is 0 Å². The van der Waals surface area contributed by atoms with Crippen LogP contribution in [0.25, 0.3) is 0 Å². The van der Waals surface area contributed by atoms with Crippen LogP contribution in [0.1, 0.15) is 49.7 Å². The molecule has 2 saturated heterocycles. The third-order valence-corrected chi connectivity index (χ3v) is 6.85. The van der Waals surface area contributed by atoms with E-state index in [-0.39, 0.29) is 38.6 Å². The van der Waals surface area contributed by atoms with Crippen LogP contribution in [0.5, 0.6) is 11.5 Å². The first-order valence-electron chi connectivity index (χ1n) is 11.1. The van der Waals surface area contributed by atoms with Crippen molar-refractivity contribution in [3.05, 3.63) is 55.5 Å². The largest absolute Gasteiger partial charge is 2.00 e. The van der Waals surface area contributed by atoms with E-state index in [0.29, 0.717) is 34.3 Å². The first-order chi connectivity index (χ1) is 15.3. The molecule has 0 spiro atoms. The van der Waals surface area contributed by atoms with Crippen molar-refractivity contribution < 1.29 is 27.3 Å². The number of piperidine rings is 2. The van der Waals surface area contributed by atoms with E-state index in [4.69, 9.17) is 46.4 Å². The summed E-state index contributed by atoms with van der Waals surface area (Å²) in [6.07, 6.45) is 7.42. The summed E-state index contributed by atoms with van der Waals surface area (Å²) >= 11 is 23.4. The number of nitrogens with zero attached hydrogens (tertiary/aromatic N) is 2. The second kappa shape index (κ2) is 14.3. The Bertz CT molecular complexity index is 831. The monoisotopic (exact) mass is 579 g/mol. The molecule has 2 heterocycles. The Kier molecular flexibility index (Phi) is 12.5. The Morgan fingerprint density at radius 1 is 0.576 bits per heavy atom. The first-order valence-corrected chi connectivity index (χ1v) is 12.6. The van der Waals surface area contributed by atoms with Crippen LogP contribution in [0.3, 0.4) is 0 Å². The van der Waals surface area contributed by atoms with Gasteiger partial charge in [-0.3, -0.25) is 9.80 Å². The predicted octanol–water partition coefficient (Wildman–Crippen LogP) is 6.10. The van der Waals surface area contributed by atoms with E-state index < -0.39 is 0 Å². The standard InChI is InChI=1S/2C12H15Cl2NO.Cu/c2*13-10-6-9(12(16)11(14)7-10)8-15-4-2-1-3-5-15;/h2*6-7,16H,1-5,8H2;/q;;+2/p-2. The molecule has 0 amide bonds. The molecular weight excluding hydrogens is 554 g/mol. The molecule has 4 rings (SSSR count). The zero-order valence-electron chi connectivity index (χ0n) is 18.3. The minimum absolute atomic E-state index is 0. The smallest absolute Gasteiger partial charge is 0.871 e. The molecule has 0 saturated carbocycles. The van der Waals surface area contributed by atoms with Gasteiger partial charge in [-0.1, -0.05) is 70.7 Å². The van der Waals surface area contributed by atoms with Crippen LogP contribution < -0.4 is 10.2 Å². The molecule has 0 unspecified atom stereocenters. The molecule has 1 radical (unpaired) electrons. The van der Waals surface area contributed by atoms with Crippen molar-refractivity contribution in [2.75, 3.05) is 26.2 Å². The van der Waals surface area contributed by atoms with Crippen LogP contribution >= 0.6 is 46.4 Å². The fourth-order valence-electron chi connectivity index (χ4n) is 4.18. The molecule has 33 heavy (non-hydrogen) atoms. The number of rotatable bonds is 4. The summed E-state index contributed by atoms with van der Waals surface area (Å²) in [7, 11) is 0. The molecule has 0 aliphatic carbocycles. The molecule has 2 aliphatic rings. The van der Waals surface area contributed by atoms with Gasteiger partial charge in [-0.15, -0.1) is 0 Å². The van der Waals surface area contributed by atoms with Gasteiger partial charge in [0.1, 0.15) is 0 Å². The number of benzene rings is 2. The maximum atomic E-state index is 11.8. The van der Waals surface area contributed by atoms with Crippen LogP contribution in [0.4, 0.5) is 0 Å². The Morgan fingerprint density at radius 2 is 0.909 bits per heavy atom. The zero-order valence-corrected chi connectivity index (χ0v) is 22.3. The van der Waals surface area contributed by atoms with Crippen molar-refractivity contribution in [3.8, 4) is 11.5 Å². The van der Waals surface area contributed by atoms with Crippen LogP contribution in [0, 0.1) is 0 Å². The third kappa shape index (κ3) is 8.98. The van der Waals surface area contributed by atoms with Crippen molar-refractivity contribution in [2.45, 2.75) is 51.6 Å². The summed E-state index contributed by atoms with van der Waals surface area (Å²) < 4.78 is 0. The van der Waals surface area contributed by atoms with Gasteiger partial charge in [0.15, 0.2) is 0 Å². The van der Waals surface area contributed by atoms with Crippen LogP contribution in [0.2, 0.25) is 20.1 Å². The van der Waals surface area contributed by atoms with E-state index >= 15 is 0 Å². The van der Waals surface area contributed by atoms with Crippen LogP contribution in [0.15, 0.2) is 24.3 Å². The summed E-state index contributed by atoms with van der Waals surface area (Å²) in [4.78, 5) is 4.57. The minimum atomic E-state index is -0.0864. The maximum absolute atomic E-state index is 11.8. The third-order valence-electron chi connectivity index (χ3n) is 5.86. The summed E-state index contributed by atoms with van der Waals surface area (Å²) in [5.74, 6) is -0.173. The first kappa shape index (κ1) is 28.9. The molecule has 0 aromatic heterocycles. The second-order valence-corrected chi connectivity index (χ2v) is 10.1. The molecule has 2 aromatic rings. The maximum Gasteiger partial charge on any atom is 2.00 e. The molecule has 0 bridgehead atoms. The normalized spacial score (nSPS) is 17.1. The molecule has 0 atom stereocenters. The molecule has 2 fully saturated rings. The predicted molar refractivity (Wildman–Crippen MR) is 130 cm³/mol. The van der Waals surface area contributed by atoms with Gasteiger partial charge in [-0.2, -0.15) is 0 Å². The van der Waals surface area contributed by atoms with Gasteiger partial charge in [0, 0.05) is 33.2 Å². The van der Waals surface area contributed by atoms with Crippen LogP contribution in [-0.4, -0.2) is 36.0 Å². The van der Waals surface area contributed by atoms with Crippen molar-refractivity contribution in [2.24, 2.45) is 0 Å². The summed E-state index contributed by atoms with van der Waals surface area (Å²) in [6, 6.07) is 6.46. The van der Waals surface area contributed by atoms with Gasteiger partial charge >= 0.3 is 17.1 Å². The van der Waals surface area contributed by atoms with Gasteiger partial charge < -0.3 is 10.2 Å². The van der Waals surface area contributed by atoms with Gasteiger partial charge in [0.2, 0.25) is 0 Å². The van der Waals surface area contributed by atoms with Gasteiger partial charge in [0.25, 0.3) is 0 Å². The van der Waals surface area contributed by atoms with Crippen molar-refractivity contribution >= 4 is 46.4 Å². The minimum Gasteiger partial charge on any atom is -0.871 e. The van der Waals surface area contributed by atoms with E-state index in [1.165, 1.54) is 50.7 Å². The Labute approximate surface area is 227 Å². The number of hydrogen-bond acceptors (Lipinski definition) is 4. The van der Waals surface area contributed by atoms with E-state index in [1.807, 2.05) is 0 Å². The average Bonchev–Trinajstić information content (AvgIpc) is 2.77. The quantitative estimate of drug-likeness (QED) is 0.410. The van der Waals surface area contributed by atoms with Gasteiger partial charge in [0.05, 0.1) is 0 Å². The van der Waals surface area contributed by atoms with E-state index in [0.717, 1.165) is 26.2 Å². The average molecular weight is 582 g/mol. The number of likely N-dealkylation sites (tertiary alicyclic amines) is 2. The summed E-state index contributed by atoms with van der Waals surface area (Å²) in [6.45, 7) is 5.57.